The summed E-state index contributed by atoms with van der Waals surface area (Å²) in [5.41, 5.74) is 3.17. The van der Waals surface area contributed by atoms with Crippen LogP contribution >= 0.6 is 11.8 Å². The van der Waals surface area contributed by atoms with E-state index in [0.717, 1.165) is 16.9 Å². The van der Waals surface area contributed by atoms with Crippen molar-refractivity contribution < 1.29 is 19.4 Å². The second-order valence-corrected chi connectivity index (χ2v) is 9.57. The van der Waals surface area contributed by atoms with Crippen LogP contribution in [0.4, 0.5) is 5.95 Å². The first-order chi connectivity index (χ1) is 18.0. The third-order valence-corrected chi connectivity index (χ3v) is 7.16. The molecule has 0 aliphatic carbocycles. The van der Waals surface area contributed by atoms with Crippen LogP contribution in [-0.4, -0.2) is 56.2 Å². The highest BCUT2D eigenvalue weighted by Gasteiger charge is 2.35. The summed E-state index contributed by atoms with van der Waals surface area (Å²) in [7, 11) is 1.47. The van der Waals surface area contributed by atoms with E-state index in [1.165, 1.54) is 24.9 Å². The number of thioether (sulfide) groups is 1. The summed E-state index contributed by atoms with van der Waals surface area (Å²) < 4.78 is 6.91. The molecule has 9 heteroatoms. The number of ether oxygens (including phenoxy) is 1. The van der Waals surface area contributed by atoms with Gasteiger partial charge < -0.3 is 14.7 Å². The predicted molar refractivity (Wildman–Crippen MR) is 144 cm³/mol. The number of nitrogens with zero attached hydrogens (tertiary/aromatic N) is 3. The van der Waals surface area contributed by atoms with E-state index in [4.69, 9.17) is 9.72 Å². The molecule has 2 amide bonds. The average Bonchev–Trinajstić information content (AvgIpc) is 3.58. The van der Waals surface area contributed by atoms with Crippen LogP contribution in [0.5, 0.6) is 11.5 Å². The van der Waals surface area contributed by atoms with Crippen molar-refractivity contribution in [2.45, 2.75) is 12.5 Å². The van der Waals surface area contributed by atoms with Gasteiger partial charge in [-0.1, -0.05) is 54.6 Å². The highest BCUT2D eigenvalue weighted by molar-refractivity contribution is 7.99. The molecule has 2 heterocycles. The van der Waals surface area contributed by atoms with Crippen LogP contribution in [0.25, 0.3) is 16.9 Å². The minimum absolute atomic E-state index is 0.0279. The van der Waals surface area contributed by atoms with Crippen LogP contribution in [0.3, 0.4) is 0 Å². The van der Waals surface area contributed by atoms with Gasteiger partial charge in [-0.25, -0.2) is 4.98 Å². The van der Waals surface area contributed by atoms with Crippen LogP contribution < -0.4 is 10.1 Å². The zero-order valence-corrected chi connectivity index (χ0v) is 21.0. The number of carbonyl (C=O) groups excluding carboxylic acids is 2. The minimum Gasteiger partial charge on any atom is -0.504 e. The van der Waals surface area contributed by atoms with Crippen molar-refractivity contribution in [3.8, 4) is 28.4 Å². The molecule has 1 aliphatic heterocycles. The predicted octanol–water partition coefficient (Wildman–Crippen LogP) is 4.34. The molecule has 0 radical (unpaired) electrons. The molecule has 1 atom stereocenters. The molecule has 1 fully saturated rings. The molecule has 1 aromatic heterocycles. The van der Waals surface area contributed by atoms with Gasteiger partial charge in [-0.05, 0) is 29.8 Å². The number of nitrogens with one attached hydrogen (secondary N) is 1. The molecule has 37 heavy (non-hydrogen) atoms. The van der Waals surface area contributed by atoms with Gasteiger partial charge in [-0.2, -0.15) is 0 Å². The van der Waals surface area contributed by atoms with E-state index < -0.39 is 6.04 Å². The molecule has 2 N–H and O–H groups in total. The quantitative estimate of drug-likeness (QED) is 0.381. The largest absolute Gasteiger partial charge is 0.504 e. The van der Waals surface area contributed by atoms with E-state index in [2.05, 4.69) is 5.32 Å². The highest BCUT2D eigenvalue weighted by Crippen LogP contribution is 2.29. The average molecular weight is 515 g/mol. The summed E-state index contributed by atoms with van der Waals surface area (Å²) in [5, 5.41) is 13.0. The number of phenols is 1. The smallest absolute Gasteiger partial charge is 0.250 e. The number of carbonyl (C=O) groups is 2. The Balaban J connectivity index is 1.36. The van der Waals surface area contributed by atoms with Crippen molar-refractivity contribution in [2.24, 2.45) is 0 Å². The van der Waals surface area contributed by atoms with E-state index in [0.29, 0.717) is 28.9 Å². The molecule has 5 rings (SSSR count). The molecule has 0 saturated carbocycles. The summed E-state index contributed by atoms with van der Waals surface area (Å²) in [6, 6.07) is 23.6. The molecule has 0 unspecified atom stereocenters. The maximum Gasteiger partial charge on any atom is 0.250 e. The van der Waals surface area contributed by atoms with Crippen molar-refractivity contribution in [2.75, 3.05) is 24.1 Å². The van der Waals surface area contributed by atoms with Gasteiger partial charge in [-0.15, -0.1) is 11.8 Å². The molecule has 8 nitrogen and oxygen atoms in total. The molecule has 4 aromatic rings. The minimum atomic E-state index is -0.634. The molecule has 188 valence electrons. The van der Waals surface area contributed by atoms with Crippen LogP contribution in [-0.2, 0) is 16.0 Å². The fourth-order valence-electron chi connectivity index (χ4n) is 4.22. The summed E-state index contributed by atoms with van der Waals surface area (Å²) in [5.74, 6) is 1.13. The topological polar surface area (TPSA) is 96.7 Å². The Hall–Kier alpha value is -4.24. The van der Waals surface area contributed by atoms with Crippen molar-refractivity contribution in [3.63, 3.8) is 0 Å². The van der Waals surface area contributed by atoms with E-state index in [-0.39, 0.29) is 24.0 Å². The van der Waals surface area contributed by atoms with Gasteiger partial charge >= 0.3 is 0 Å². The molecule has 1 saturated heterocycles. The maximum atomic E-state index is 13.4. The Morgan fingerprint density at radius 1 is 1.08 bits per heavy atom. The second kappa shape index (κ2) is 10.8. The first-order valence-corrected chi connectivity index (χ1v) is 12.9. The summed E-state index contributed by atoms with van der Waals surface area (Å²) in [6.45, 7) is 0. The third kappa shape index (κ3) is 5.31. The van der Waals surface area contributed by atoms with E-state index in [1.807, 2.05) is 71.4 Å². The van der Waals surface area contributed by atoms with E-state index in [9.17, 15) is 14.7 Å². The van der Waals surface area contributed by atoms with Crippen LogP contribution in [0.15, 0.2) is 85.1 Å². The third-order valence-electron chi connectivity index (χ3n) is 6.15. The lowest BCUT2D eigenvalue weighted by atomic mass is 10.1. The number of imidazole rings is 1. The number of hydrogen-bond donors (Lipinski definition) is 2. The Morgan fingerprint density at radius 3 is 2.51 bits per heavy atom. The maximum absolute atomic E-state index is 13.4. The van der Waals surface area contributed by atoms with Gasteiger partial charge in [0.25, 0.3) is 0 Å². The number of hydrogen-bond acceptors (Lipinski definition) is 6. The molecule has 3 aromatic carbocycles. The zero-order chi connectivity index (χ0) is 25.8. The number of rotatable bonds is 7. The SMILES string of the molecule is COc1ccc(CC(=O)N2CSC[C@@H]2C(=O)Nc2nc(-c3ccccc3)cn2-c2ccccc2)cc1O. The standard InChI is InChI=1S/C28H26N4O4S/c1-36-25-13-12-19(14-24(25)33)15-26(34)32-18-37-17-23(32)27(35)30-28-29-22(20-8-4-2-5-9-20)16-31(28)21-10-6-3-7-11-21/h2-14,16,23,33H,15,17-18H2,1H3,(H,29,30,35)/t23-/m1/s1. The van der Waals surface area contributed by atoms with Crippen molar-refractivity contribution in [1.82, 2.24) is 14.5 Å². The van der Waals surface area contributed by atoms with E-state index in [1.54, 1.807) is 17.0 Å². The first-order valence-electron chi connectivity index (χ1n) is 11.8. The van der Waals surface area contributed by atoms with Gasteiger partial charge in [0.15, 0.2) is 11.5 Å². The summed E-state index contributed by atoms with van der Waals surface area (Å²) in [4.78, 5) is 32.8. The summed E-state index contributed by atoms with van der Waals surface area (Å²) in [6.07, 6.45) is 1.96. The zero-order valence-electron chi connectivity index (χ0n) is 20.2. The number of amides is 2. The lowest BCUT2D eigenvalue weighted by Crippen LogP contribution is -2.45. The number of para-hydroxylation sites is 1. The Kier molecular flexibility index (Phi) is 7.14. The lowest BCUT2D eigenvalue weighted by molar-refractivity contribution is -0.135. The monoisotopic (exact) mass is 514 g/mol. The van der Waals surface area contributed by atoms with Crippen molar-refractivity contribution in [3.05, 3.63) is 90.6 Å². The van der Waals surface area contributed by atoms with Crippen molar-refractivity contribution >= 4 is 29.5 Å². The highest BCUT2D eigenvalue weighted by atomic mass is 32.2. The number of methoxy groups -OCH3 is 1. The normalized spacial score (nSPS) is 14.9. The fourth-order valence-corrected chi connectivity index (χ4v) is 5.40. The Labute approximate surface area is 218 Å². The Morgan fingerprint density at radius 2 is 1.81 bits per heavy atom. The fraction of sp³-hybridized carbons (Fsp3) is 0.179. The van der Waals surface area contributed by atoms with Crippen LogP contribution in [0.2, 0.25) is 0 Å². The number of phenolic OH excluding ortho intramolecular Hbond substituents is 1. The molecular formula is C28H26N4O4S. The van der Waals surface area contributed by atoms with Gasteiger partial charge in [-0.3, -0.25) is 19.5 Å². The first kappa shape index (κ1) is 24.5. The van der Waals surface area contributed by atoms with Gasteiger partial charge in [0.1, 0.15) is 6.04 Å². The Bertz CT molecular complexity index is 1410. The number of aromatic nitrogens is 2. The van der Waals surface area contributed by atoms with Crippen molar-refractivity contribution in [1.29, 1.82) is 0 Å². The lowest BCUT2D eigenvalue weighted by Gasteiger charge is -2.23. The van der Waals surface area contributed by atoms with E-state index >= 15 is 0 Å². The van der Waals surface area contributed by atoms with Gasteiger partial charge in [0.05, 0.1) is 25.1 Å². The number of benzene rings is 3. The number of anilines is 1. The van der Waals surface area contributed by atoms with Crippen LogP contribution in [0, 0.1) is 0 Å². The molecule has 0 spiro atoms. The molecule has 1 aliphatic rings. The molecule has 0 bridgehead atoms. The number of aromatic hydroxyl groups is 1. The second-order valence-electron chi connectivity index (χ2n) is 8.57. The molecular weight excluding hydrogens is 488 g/mol. The van der Waals surface area contributed by atoms with Gasteiger partial charge in [0.2, 0.25) is 17.8 Å². The summed E-state index contributed by atoms with van der Waals surface area (Å²) >= 11 is 1.53. The van der Waals surface area contributed by atoms with Crippen LogP contribution in [0.1, 0.15) is 5.56 Å². The van der Waals surface area contributed by atoms with Gasteiger partial charge in [0, 0.05) is 23.2 Å².